The molecule has 0 saturated heterocycles. The Morgan fingerprint density at radius 2 is 2.18 bits per heavy atom. The minimum absolute atomic E-state index is 0.0652. The molecule has 1 unspecified atom stereocenters. The normalized spacial score (nSPS) is 19.2. The number of carbonyl (C=O) groups excluding carboxylic acids is 2. The number of nitrogens with zero attached hydrogens (tertiary/aromatic N) is 4. The second kappa shape index (κ2) is 7.66. The number of carbonyl (C=O) groups is 2. The van der Waals surface area contributed by atoms with Gasteiger partial charge in [0.25, 0.3) is 5.91 Å². The minimum atomic E-state index is -0.979. The molecule has 11 heteroatoms. The van der Waals surface area contributed by atoms with Crippen LogP contribution in [0.4, 0.5) is 10.1 Å². The van der Waals surface area contributed by atoms with Gasteiger partial charge in [-0.1, -0.05) is 0 Å². The van der Waals surface area contributed by atoms with Gasteiger partial charge in [0, 0.05) is 18.0 Å². The van der Waals surface area contributed by atoms with Crippen LogP contribution < -0.4 is 15.8 Å². The zero-order chi connectivity index (χ0) is 20.5. The molecule has 2 aromatic rings. The zero-order valence-corrected chi connectivity index (χ0v) is 17.1. The number of halogens is 2. The van der Waals surface area contributed by atoms with Crippen molar-refractivity contribution in [2.75, 3.05) is 12.4 Å². The van der Waals surface area contributed by atoms with E-state index in [1.54, 1.807) is 35.9 Å². The fourth-order valence-corrected chi connectivity index (χ4v) is 2.95. The van der Waals surface area contributed by atoms with Gasteiger partial charge < -0.3 is 15.8 Å². The van der Waals surface area contributed by atoms with Crippen molar-refractivity contribution in [3.63, 3.8) is 0 Å². The van der Waals surface area contributed by atoms with E-state index in [9.17, 15) is 14.0 Å². The van der Waals surface area contributed by atoms with Crippen molar-refractivity contribution >= 4 is 46.3 Å². The Hall–Kier alpha value is -2.83. The molecule has 1 aliphatic heterocycles. The first kappa shape index (κ1) is 19.9. The van der Waals surface area contributed by atoms with E-state index in [0.29, 0.717) is 11.4 Å². The van der Waals surface area contributed by atoms with Gasteiger partial charge in [-0.15, -0.1) is 0 Å². The predicted octanol–water partition coefficient (Wildman–Crippen LogP) is 1.99. The number of ether oxygens (including phenoxy) is 1. The molecule has 0 radical (unpaired) electrons. The molecule has 9 nitrogen and oxygen atoms in total. The first-order valence-corrected chi connectivity index (χ1v) is 9.01. The number of nitrogens with one attached hydrogen (secondary N) is 1. The molecular formula is C17H16FIN6O3. The first-order valence-electron chi connectivity index (χ1n) is 8.05. The van der Waals surface area contributed by atoms with Crippen LogP contribution in [0.25, 0.3) is 0 Å². The summed E-state index contributed by atoms with van der Waals surface area (Å²) in [6.07, 6.45) is 2.77. The van der Waals surface area contributed by atoms with E-state index < -0.39 is 17.3 Å². The van der Waals surface area contributed by atoms with Crippen molar-refractivity contribution in [3.8, 4) is 5.75 Å². The lowest BCUT2D eigenvalue weighted by molar-refractivity contribution is -0.124. The minimum Gasteiger partial charge on any atom is -0.495 e. The summed E-state index contributed by atoms with van der Waals surface area (Å²) in [5, 5.41) is 2.57. The van der Waals surface area contributed by atoms with Gasteiger partial charge >= 0.3 is 0 Å². The molecule has 3 rings (SSSR count). The molecule has 3 N–H and O–H groups in total. The molecule has 0 aliphatic carbocycles. The van der Waals surface area contributed by atoms with Gasteiger partial charge in [0.2, 0.25) is 11.9 Å². The maximum absolute atomic E-state index is 14.1. The third-order valence-electron chi connectivity index (χ3n) is 4.11. The molecule has 1 atom stereocenters. The van der Waals surface area contributed by atoms with Crippen molar-refractivity contribution in [3.05, 3.63) is 47.8 Å². The van der Waals surface area contributed by atoms with Crippen molar-refractivity contribution in [1.29, 1.82) is 0 Å². The lowest BCUT2D eigenvalue weighted by atomic mass is 9.92. The van der Waals surface area contributed by atoms with E-state index in [1.165, 1.54) is 28.7 Å². The summed E-state index contributed by atoms with van der Waals surface area (Å²) in [7, 11) is 1.37. The van der Waals surface area contributed by atoms with E-state index in [0.717, 1.165) is 6.07 Å². The highest BCUT2D eigenvalue weighted by atomic mass is 127. The lowest BCUT2D eigenvalue weighted by Gasteiger charge is -2.31. The molecule has 3 heterocycles. The average molecular weight is 498 g/mol. The van der Waals surface area contributed by atoms with Crippen molar-refractivity contribution in [2.24, 2.45) is 10.7 Å². The summed E-state index contributed by atoms with van der Waals surface area (Å²) < 4.78 is 20.2. The van der Waals surface area contributed by atoms with E-state index >= 15 is 0 Å². The number of aromatic nitrogens is 2. The number of guanidine groups is 1. The van der Waals surface area contributed by atoms with Crippen LogP contribution in [0, 0.1) is 5.82 Å². The number of nitrogens with two attached hydrogens (primary N) is 1. The number of aliphatic imine (C=N–C) groups is 1. The zero-order valence-electron chi connectivity index (χ0n) is 14.9. The predicted molar refractivity (Wildman–Crippen MR) is 107 cm³/mol. The maximum Gasteiger partial charge on any atom is 0.277 e. The second-order valence-corrected chi connectivity index (χ2v) is 7.15. The molecule has 1 aliphatic rings. The highest BCUT2D eigenvalue weighted by Crippen LogP contribution is 2.33. The summed E-state index contributed by atoms with van der Waals surface area (Å²) in [6, 6.07) is 4.17. The fraction of sp³-hybridized carbons (Fsp3) is 0.235. The van der Waals surface area contributed by atoms with E-state index in [2.05, 4.69) is 20.3 Å². The van der Waals surface area contributed by atoms with Gasteiger partial charge in [0.1, 0.15) is 11.3 Å². The van der Waals surface area contributed by atoms with Crippen LogP contribution in [-0.2, 0) is 10.3 Å². The van der Waals surface area contributed by atoms with Crippen molar-refractivity contribution in [1.82, 2.24) is 13.1 Å². The van der Waals surface area contributed by atoms with Crippen LogP contribution in [0.1, 0.15) is 29.5 Å². The summed E-state index contributed by atoms with van der Waals surface area (Å²) >= 11 is 1.78. The SMILES string of the molecule is COc1cnc(C(=O)Nc2ccnc(C3(C)CC(=O)N(I)C(N)=N3)c2)c(F)c1. The van der Waals surface area contributed by atoms with Crippen LogP contribution in [0.5, 0.6) is 5.75 Å². The van der Waals surface area contributed by atoms with Crippen molar-refractivity contribution in [2.45, 2.75) is 18.9 Å². The van der Waals surface area contributed by atoms with Crippen LogP contribution in [-0.4, -0.2) is 38.0 Å². The highest BCUT2D eigenvalue weighted by Gasteiger charge is 2.38. The number of hydrogen-bond acceptors (Lipinski definition) is 7. The summed E-state index contributed by atoms with van der Waals surface area (Å²) in [5.74, 6) is -1.48. The fourth-order valence-electron chi connectivity index (χ4n) is 2.67. The van der Waals surface area contributed by atoms with Crippen LogP contribution >= 0.6 is 22.9 Å². The van der Waals surface area contributed by atoms with E-state index in [4.69, 9.17) is 10.5 Å². The van der Waals surface area contributed by atoms with Crippen LogP contribution in [0.15, 0.2) is 35.6 Å². The topological polar surface area (TPSA) is 123 Å². The van der Waals surface area contributed by atoms with Gasteiger partial charge in [0.15, 0.2) is 11.5 Å². The second-order valence-electron chi connectivity index (χ2n) is 6.18. The molecule has 146 valence electrons. The molecule has 0 spiro atoms. The standard InChI is InChI=1S/C17H16FIN6O3/c1-17(7-13(26)25(19)16(20)24-17)12-5-9(3-4-21-12)23-15(27)14-11(18)6-10(28-2)8-22-14/h3-6,8H,7H2,1-2H3,(H2,20,24)(H,21,23,27). The number of pyridine rings is 2. The summed E-state index contributed by atoms with van der Waals surface area (Å²) in [6.45, 7) is 1.72. The monoisotopic (exact) mass is 498 g/mol. The number of anilines is 1. The number of rotatable bonds is 4. The van der Waals surface area contributed by atoms with Crippen LogP contribution in [0.3, 0.4) is 0 Å². The molecule has 2 aromatic heterocycles. The van der Waals surface area contributed by atoms with Crippen molar-refractivity contribution < 1.29 is 18.7 Å². The molecule has 0 bridgehead atoms. The first-order chi connectivity index (χ1) is 13.2. The summed E-state index contributed by atoms with van der Waals surface area (Å²) in [5.41, 5.74) is 5.25. The third-order valence-corrected chi connectivity index (χ3v) is 5.15. The quantitative estimate of drug-likeness (QED) is 0.491. The average Bonchev–Trinajstić information content (AvgIpc) is 2.66. The molecule has 0 fully saturated rings. The van der Waals surface area contributed by atoms with Gasteiger partial charge in [-0.3, -0.25) is 14.6 Å². The number of methoxy groups -OCH3 is 1. The summed E-state index contributed by atoms with van der Waals surface area (Å²) in [4.78, 5) is 36.9. The Balaban J connectivity index is 1.86. The lowest BCUT2D eigenvalue weighted by Crippen LogP contribution is -2.44. The molecule has 28 heavy (non-hydrogen) atoms. The Labute approximate surface area is 173 Å². The number of hydrogen-bond donors (Lipinski definition) is 2. The van der Waals surface area contributed by atoms with Gasteiger partial charge in [-0.2, -0.15) is 0 Å². The maximum atomic E-state index is 14.1. The Bertz CT molecular complexity index is 985. The van der Waals surface area contributed by atoms with Gasteiger partial charge in [-0.05, 0) is 19.1 Å². The smallest absolute Gasteiger partial charge is 0.277 e. The highest BCUT2D eigenvalue weighted by molar-refractivity contribution is 14.1. The molecular weight excluding hydrogens is 482 g/mol. The van der Waals surface area contributed by atoms with E-state index in [-0.39, 0.29) is 29.7 Å². The Morgan fingerprint density at radius 3 is 2.82 bits per heavy atom. The number of amides is 2. The largest absolute Gasteiger partial charge is 0.495 e. The molecule has 2 amide bonds. The van der Waals surface area contributed by atoms with Crippen LogP contribution in [0.2, 0.25) is 0 Å². The third kappa shape index (κ3) is 3.88. The van der Waals surface area contributed by atoms with Gasteiger partial charge in [-0.25, -0.2) is 17.5 Å². The Kier molecular flexibility index (Phi) is 5.45. The van der Waals surface area contributed by atoms with E-state index in [1.807, 2.05) is 0 Å². The Morgan fingerprint density at radius 1 is 1.43 bits per heavy atom. The molecule has 0 aromatic carbocycles. The molecule has 0 saturated carbocycles. The van der Waals surface area contributed by atoms with Gasteiger partial charge in [0.05, 0.1) is 48.3 Å².